The zero-order valence-corrected chi connectivity index (χ0v) is 20.3. The van der Waals surface area contributed by atoms with Crippen LogP contribution in [0.3, 0.4) is 0 Å². The van der Waals surface area contributed by atoms with Crippen LogP contribution in [0.15, 0.2) is 35.7 Å². The monoisotopic (exact) mass is 470 g/mol. The first kappa shape index (κ1) is 24.9. The average molecular weight is 471 g/mol. The molecule has 1 fully saturated rings. The van der Waals surface area contributed by atoms with Gasteiger partial charge in [-0.3, -0.25) is 14.4 Å². The summed E-state index contributed by atoms with van der Waals surface area (Å²) in [5.41, 5.74) is 1.64. The molecule has 1 aliphatic carbocycles. The molecule has 178 valence electrons. The Balaban J connectivity index is 1.72. The number of carbonyl (C=O) groups excluding carboxylic acids is 3. The fraction of sp³-hybridized carbons (Fsp3) is 0.520. The minimum atomic E-state index is -0.699. The van der Waals surface area contributed by atoms with Crippen molar-refractivity contribution < 1.29 is 14.4 Å². The number of nitrogens with one attached hydrogen (secondary N) is 2. The number of aromatic nitrogens is 1. The second kappa shape index (κ2) is 12.5. The van der Waals surface area contributed by atoms with Crippen molar-refractivity contribution in [2.24, 2.45) is 0 Å². The summed E-state index contributed by atoms with van der Waals surface area (Å²) in [7, 11) is 0. The smallest absolute Gasteiger partial charge is 0.247 e. The molecule has 1 atom stereocenters. The molecule has 1 saturated carbocycles. The summed E-state index contributed by atoms with van der Waals surface area (Å²) >= 11 is 1.36. The highest BCUT2D eigenvalue weighted by Crippen LogP contribution is 2.25. The second-order valence-corrected chi connectivity index (χ2v) is 9.44. The first-order valence-electron chi connectivity index (χ1n) is 11.8. The number of nitrogens with zero attached hydrogens (tertiary/aromatic N) is 2. The van der Waals surface area contributed by atoms with E-state index in [1.807, 2.05) is 42.6 Å². The molecule has 0 unspecified atom stereocenters. The zero-order chi connectivity index (χ0) is 23.6. The number of anilines is 1. The van der Waals surface area contributed by atoms with Crippen molar-refractivity contribution in [1.29, 1.82) is 0 Å². The van der Waals surface area contributed by atoms with E-state index in [1.165, 1.54) is 11.3 Å². The molecule has 1 heterocycles. The maximum atomic E-state index is 13.4. The molecule has 0 aliphatic heterocycles. The summed E-state index contributed by atoms with van der Waals surface area (Å²) in [4.78, 5) is 45.0. The predicted octanol–water partition coefficient (Wildman–Crippen LogP) is 4.60. The highest BCUT2D eigenvalue weighted by molar-refractivity contribution is 7.13. The van der Waals surface area contributed by atoms with Gasteiger partial charge in [-0.05, 0) is 31.7 Å². The van der Waals surface area contributed by atoms with Gasteiger partial charge in [0.2, 0.25) is 17.7 Å². The lowest BCUT2D eigenvalue weighted by Gasteiger charge is -2.32. The minimum absolute atomic E-state index is 0.0416. The number of hydrogen-bond donors (Lipinski definition) is 2. The molecular formula is C25H34N4O3S. The molecular weight excluding hydrogens is 436 g/mol. The van der Waals surface area contributed by atoms with Gasteiger partial charge in [0.1, 0.15) is 6.04 Å². The Morgan fingerprint density at radius 3 is 2.52 bits per heavy atom. The number of amides is 3. The van der Waals surface area contributed by atoms with Gasteiger partial charge >= 0.3 is 0 Å². The standard InChI is InChI=1S/C25H34N4O3S/c1-3-4-16-29(22(31)15-14-21(30)28-25-26-18(2)17-33-25)23(19-10-6-5-7-11-19)24(32)27-20-12-8-9-13-20/h5-7,10-11,17,20,23H,3-4,8-9,12-16H2,1-2H3,(H,27,32)(H,26,28,30)/t23-/m0/s1. The van der Waals surface area contributed by atoms with E-state index in [2.05, 4.69) is 22.5 Å². The normalized spacial score (nSPS) is 14.6. The second-order valence-electron chi connectivity index (χ2n) is 8.59. The minimum Gasteiger partial charge on any atom is -0.351 e. The molecule has 2 aromatic rings. The molecule has 33 heavy (non-hydrogen) atoms. The molecule has 0 spiro atoms. The number of aryl methyl sites for hydroxylation is 1. The van der Waals surface area contributed by atoms with Crippen molar-refractivity contribution in [2.75, 3.05) is 11.9 Å². The van der Waals surface area contributed by atoms with Crippen molar-refractivity contribution in [3.05, 3.63) is 47.0 Å². The van der Waals surface area contributed by atoms with Crippen LogP contribution in [0.2, 0.25) is 0 Å². The largest absolute Gasteiger partial charge is 0.351 e. The van der Waals surface area contributed by atoms with E-state index in [1.54, 1.807) is 4.90 Å². The van der Waals surface area contributed by atoms with Crippen molar-refractivity contribution in [2.45, 2.75) is 77.3 Å². The number of carbonyl (C=O) groups is 3. The molecule has 1 aromatic heterocycles. The molecule has 0 saturated heterocycles. The average Bonchev–Trinajstić information content (AvgIpc) is 3.47. The van der Waals surface area contributed by atoms with Crippen molar-refractivity contribution in [3.63, 3.8) is 0 Å². The lowest BCUT2D eigenvalue weighted by molar-refractivity contribution is -0.141. The van der Waals surface area contributed by atoms with Crippen LogP contribution in [0, 0.1) is 6.92 Å². The van der Waals surface area contributed by atoms with E-state index in [0.717, 1.165) is 49.8 Å². The van der Waals surface area contributed by atoms with E-state index >= 15 is 0 Å². The third-order valence-corrected chi connectivity index (χ3v) is 6.76. The van der Waals surface area contributed by atoms with Crippen LogP contribution in [0.4, 0.5) is 5.13 Å². The summed E-state index contributed by atoms with van der Waals surface area (Å²) in [6.07, 6.45) is 5.97. The van der Waals surface area contributed by atoms with Gasteiger partial charge in [0.15, 0.2) is 5.13 Å². The summed E-state index contributed by atoms with van der Waals surface area (Å²) < 4.78 is 0. The van der Waals surface area contributed by atoms with Crippen LogP contribution in [0.25, 0.3) is 0 Å². The quantitative estimate of drug-likeness (QED) is 0.502. The molecule has 3 rings (SSSR count). The Morgan fingerprint density at radius 1 is 1.15 bits per heavy atom. The van der Waals surface area contributed by atoms with Crippen LogP contribution in [-0.4, -0.2) is 40.2 Å². The Hall–Kier alpha value is -2.74. The van der Waals surface area contributed by atoms with E-state index in [4.69, 9.17) is 0 Å². The Bertz CT molecular complexity index is 925. The number of rotatable bonds is 11. The SMILES string of the molecule is CCCCN(C(=O)CCC(=O)Nc1nc(C)cs1)[C@H](C(=O)NC1CCCC1)c1ccccc1. The highest BCUT2D eigenvalue weighted by atomic mass is 32.1. The predicted molar refractivity (Wildman–Crippen MR) is 131 cm³/mol. The van der Waals surface area contributed by atoms with Crippen molar-refractivity contribution in [3.8, 4) is 0 Å². The Morgan fingerprint density at radius 2 is 1.88 bits per heavy atom. The van der Waals surface area contributed by atoms with E-state index in [0.29, 0.717) is 11.7 Å². The maximum Gasteiger partial charge on any atom is 0.247 e. The molecule has 2 N–H and O–H groups in total. The van der Waals surface area contributed by atoms with Crippen LogP contribution in [-0.2, 0) is 14.4 Å². The van der Waals surface area contributed by atoms with E-state index in [-0.39, 0.29) is 36.6 Å². The van der Waals surface area contributed by atoms with Crippen LogP contribution in [0.5, 0.6) is 0 Å². The summed E-state index contributed by atoms with van der Waals surface area (Å²) in [6.45, 7) is 4.39. The molecule has 3 amide bonds. The highest BCUT2D eigenvalue weighted by Gasteiger charge is 2.32. The van der Waals surface area contributed by atoms with E-state index < -0.39 is 6.04 Å². The van der Waals surface area contributed by atoms with Crippen LogP contribution in [0.1, 0.15) is 75.6 Å². The van der Waals surface area contributed by atoms with Crippen molar-refractivity contribution >= 4 is 34.2 Å². The number of benzene rings is 1. The lowest BCUT2D eigenvalue weighted by Crippen LogP contribution is -2.46. The van der Waals surface area contributed by atoms with Gasteiger partial charge in [-0.1, -0.05) is 56.5 Å². The molecule has 1 aliphatic rings. The summed E-state index contributed by atoms with van der Waals surface area (Å²) in [5, 5.41) is 8.32. The zero-order valence-electron chi connectivity index (χ0n) is 19.5. The fourth-order valence-electron chi connectivity index (χ4n) is 4.14. The third kappa shape index (κ3) is 7.39. The number of thiazole rings is 1. The first-order chi connectivity index (χ1) is 16.0. The Labute approximate surface area is 200 Å². The summed E-state index contributed by atoms with van der Waals surface area (Å²) in [5.74, 6) is -0.579. The Kier molecular flexibility index (Phi) is 9.42. The number of hydrogen-bond acceptors (Lipinski definition) is 5. The molecule has 1 aromatic carbocycles. The van der Waals surface area contributed by atoms with Crippen LogP contribution >= 0.6 is 11.3 Å². The van der Waals surface area contributed by atoms with Gasteiger partial charge in [-0.15, -0.1) is 11.3 Å². The van der Waals surface area contributed by atoms with Crippen molar-refractivity contribution in [1.82, 2.24) is 15.2 Å². The molecule has 7 nitrogen and oxygen atoms in total. The van der Waals surface area contributed by atoms with Gasteiger partial charge in [-0.2, -0.15) is 0 Å². The van der Waals surface area contributed by atoms with Gasteiger partial charge in [0.05, 0.1) is 5.69 Å². The maximum absolute atomic E-state index is 13.4. The topological polar surface area (TPSA) is 91.4 Å². The van der Waals surface area contributed by atoms with Gasteiger partial charge in [0, 0.05) is 30.8 Å². The first-order valence-corrected chi connectivity index (χ1v) is 12.7. The molecule has 0 bridgehead atoms. The molecule has 0 radical (unpaired) electrons. The van der Waals surface area contributed by atoms with E-state index in [9.17, 15) is 14.4 Å². The lowest BCUT2D eigenvalue weighted by atomic mass is 10.0. The van der Waals surface area contributed by atoms with Gasteiger partial charge in [0.25, 0.3) is 0 Å². The third-order valence-electron chi connectivity index (χ3n) is 5.88. The summed E-state index contributed by atoms with van der Waals surface area (Å²) in [6, 6.07) is 8.92. The fourth-order valence-corrected chi connectivity index (χ4v) is 4.85. The van der Waals surface area contributed by atoms with Gasteiger partial charge in [-0.25, -0.2) is 4.98 Å². The van der Waals surface area contributed by atoms with Gasteiger partial charge < -0.3 is 15.5 Å². The molecule has 8 heteroatoms. The van der Waals surface area contributed by atoms with Crippen LogP contribution < -0.4 is 10.6 Å². The number of unbranched alkanes of at least 4 members (excludes halogenated alkanes) is 1.